The highest BCUT2D eigenvalue weighted by Gasteiger charge is 2.20. The van der Waals surface area contributed by atoms with Crippen LogP contribution in [0.4, 0.5) is 11.4 Å². The summed E-state index contributed by atoms with van der Waals surface area (Å²) in [5.41, 5.74) is 5.27. The van der Waals surface area contributed by atoms with Crippen LogP contribution in [0.5, 0.6) is 11.5 Å². The Balaban J connectivity index is 2.46. The van der Waals surface area contributed by atoms with Crippen molar-refractivity contribution >= 4 is 34.6 Å². The van der Waals surface area contributed by atoms with Crippen LogP contribution in [0.1, 0.15) is 0 Å². The van der Waals surface area contributed by atoms with Crippen LogP contribution in [0.3, 0.4) is 0 Å². The molecule has 2 rings (SSSR count). The first-order chi connectivity index (χ1) is 8.99. The van der Waals surface area contributed by atoms with Crippen LogP contribution in [-0.4, -0.2) is 4.92 Å². The molecule has 2 aromatic carbocycles. The minimum atomic E-state index is -0.608. The van der Waals surface area contributed by atoms with Crippen LogP contribution in [0.15, 0.2) is 36.4 Å². The van der Waals surface area contributed by atoms with E-state index in [9.17, 15) is 10.1 Å². The van der Waals surface area contributed by atoms with Gasteiger partial charge in [0.15, 0.2) is 0 Å². The number of ether oxygens (including phenoxy) is 1. The third kappa shape index (κ3) is 2.89. The van der Waals surface area contributed by atoms with E-state index in [1.165, 1.54) is 24.3 Å². The average Bonchev–Trinajstić information content (AvgIpc) is 2.33. The van der Waals surface area contributed by atoms with E-state index >= 15 is 0 Å². The van der Waals surface area contributed by atoms with Crippen LogP contribution in [-0.2, 0) is 0 Å². The van der Waals surface area contributed by atoms with Gasteiger partial charge in [-0.05, 0) is 24.3 Å². The monoisotopic (exact) mass is 298 g/mol. The van der Waals surface area contributed by atoms with Gasteiger partial charge in [0.2, 0.25) is 5.75 Å². The molecule has 0 fully saturated rings. The van der Waals surface area contributed by atoms with E-state index in [0.717, 1.165) is 0 Å². The van der Waals surface area contributed by atoms with Crippen molar-refractivity contribution in [2.24, 2.45) is 0 Å². The number of nitrogens with zero attached hydrogens (tertiary/aromatic N) is 1. The molecule has 0 saturated carbocycles. The van der Waals surface area contributed by atoms with E-state index in [-0.39, 0.29) is 22.9 Å². The van der Waals surface area contributed by atoms with Crippen LogP contribution < -0.4 is 10.5 Å². The summed E-state index contributed by atoms with van der Waals surface area (Å²) in [5.74, 6) is 0.233. The Morgan fingerprint density at radius 1 is 1.16 bits per heavy atom. The van der Waals surface area contributed by atoms with Crippen LogP contribution in [0.25, 0.3) is 0 Å². The normalized spacial score (nSPS) is 10.2. The molecule has 7 heteroatoms. The fourth-order valence-electron chi connectivity index (χ4n) is 1.49. The summed E-state index contributed by atoms with van der Waals surface area (Å²) < 4.78 is 5.43. The molecule has 0 aliphatic carbocycles. The molecule has 0 heterocycles. The first-order valence-corrected chi connectivity index (χ1v) is 5.90. The highest BCUT2D eigenvalue weighted by Crippen LogP contribution is 2.38. The van der Waals surface area contributed by atoms with Crippen molar-refractivity contribution < 1.29 is 9.66 Å². The van der Waals surface area contributed by atoms with E-state index < -0.39 is 4.92 Å². The molecule has 0 aliphatic heterocycles. The lowest BCUT2D eigenvalue weighted by atomic mass is 10.2. The van der Waals surface area contributed by atoms with E-state index in [1.807, 2.05) is 0 Å². The molecule has 5 nitrogen and oxygen atoms in total. The average molecular weight is 299 g/mol. The summed E-state index contributed by atoms with van der Waals surface area (Å²) in [7, 11) is 0. The Labute approximate surface area is 118 Å². The lowest BCUT2D eigenvalue weighted by Crippen LogP contribution is -1.98. The van der Waals surface area contributed by atoms with Crippen molar-refractivity contribution in [3.8, 4) is 11.5 Å². The molecule has 0 aromatic heterocycles. The molecule has 0 saturated heterocycles. The predicted molar refractivity (Wildman–Crippen MR) is 74.0 cm³/mol. The molecule has 2 N–H and O–H groups in total. The van der Waals surface area contributed by atoms with Crippen LogP contribution in [0, 0.1) is 10.1 Å². The molecule has 0 radical (unpaired) electrons. The number of para-hydroxylation sites is 1. The Morgan fingerprint density at radius 3 is 2.58 bits per heavy atom. The maximum absolute atomic E-state index is 11.0. The summed E-state index contributed by atoms with van der Waals surface area (Å²) in [6, 6.07) is 9.01. The lowest BCUT2D eigenvalue weighted by Gasteiger charge is -2.09. The zero-order chi connectivity index (χ0) is 14.0. The molecule has 98 valence electrons. The van der Waals surface area contributed by atoms with Gasteiger partial charge in [-0.25, -0.2) is 0 Å². The maximum atomic E-state index is 11.0. The second-order valence-electron chi connectivity index (χ2n) is 3.63. The molecule has 0 aliphatic rings. The molecule has 0 unspecified atom stereocenters. The minimum absolute atomic E-state index is 0.00849. The number of nitrogen functional groups attached to an aromatic ring is 1. The van der Waals surface area contributed by atoms with Crippen LogP contribution >= 0.6 is 23.2 Å². The SMILES string of the molecule is Nc1cccc(Oc2cc(Cl)ccc2Cl)c1[N+](=O)[O-]. The van der Waals surface area contributed by atoms with Gasteiger partial charge < -0.3 is 10.5 Å². The minimum Gasteiger partial charge on any atom is -0.448 e. The highest BCUT2D eigenvalue weighted by atomic mass is 35.5. The topological polar surface area (TPSA) is 78.4 Å². The van der Waals surface area contributed by atoms with Crippen molar-refractivity contribution in [3.05, 3.63) is 56.6 Å². The van der Waals surface area contributed by atoms with E-state index in [4.69, 9.17) is 33.7 Å². The summed E-state index contributed by atoms with van der Waals surface area (Å²) in [6.07, 6.45) is 0. The zero-order valence-corrected chi connectivity index (χ0v) is 11.0. The number of rotatable bonds is 3. The van der Waals surface area contributed by atoms with Gasteiger partial charge in [0.1, 0.15) is 11.4 Å². The van der Waals surface area contributed by atoms with Crippen molar-refractivity contribution in [3.63, 3.8) is 0 Å². The zero-order valence-electron chi connectivity index (χ0n) is 9.47. The Hall–Kier alpha value is -1.98. The Kier molecular flexibility index (Phi) is 3.78. The smallest absolute Gasteiger partial charge is 0.334 e. The van der Waals surface area contributed by atoms with Gasteiger partial charge in [-0.2, -0.15) is 0 Å². The van der Waals surface area contributed by atoms with Crippen molar-refractivity contribution in [2.75, 3.05) is 5.73 Å². The predicted octanol–water partition coefficient (Wildman–Crippen LogP) is 4.28. The number of nitrogens with two attached hydrogens (primary N) is 1. The number of halogens is 2. The fraction of sp³-hybridized carbons (Fsp3) is 0. The largest absolute Gasteiger partial charge is 0.448 e. The molecule has 2 aromatic rings. The standard InChI is InChI=1S/C12H8Cl2N2O3/c13-7-4-5-8(14)11(6-7)19-10-3-1-2-9(15)12(10)16(17)18/h1-6H,15H2. The summed E-state index contributed by atoms with van der Waals surface area (Å²) in [6.45, 7) is 0. The fourth-order valence-corrected chi connectivity index (χ4v) is 1.81. The van der Waals surface area contributed by atoms with Gasteiger partial charge >= 0.3 is 5.69 Å². The van der Waals surface area contributed by atoms with Gasteiger partial charge in [0.05, 0.1) is 9.95 Å². The van der Waals surface area contributed by atoms with Gasteiger partial charge in [-0.3, -0.25) is 10.1 Å². The second kappa shape index (κ2) is 5.34. The first kappa shape index (κ1) is 13.5. The lowest BCUT2D eigenvalue weighted by molar-refractivity contribution is -0.384. The van der Waals surface area contributed by atoms with Gasteiger partial charge in [0, 0.05) is 11.1 Å². The molecule has 0 bridgehead atoms. The number of benzene rings is 2. The van der Waals surface area contributed by atoms with Crippen molar-refractivity contribution in [1.82, 2.24) is 0 Å². The molecule has 0 atom stereocenters. The molecular weight excluding hydrogens is 291 g/mol. The quantitative estimate of drug-likeness (QED) is 0.521. The summed E-state index contributed by atoms with van der Waals surface area (Å²) >= 11 is 11.8. The van der Waals surface area contributed by atoms with E-state index in [1.54, 1.807) is 12.1 Å². The number of anilines is 1. The number of hydrogen-bond acceptors (Lipinski definition) is 4. The number of nitro benzene ring substituents is 1. The van der Waals surface area contributed by atoms with Gasteiger partial charge in [0.25, 0.3) is 0 Å². The first-order valence-electron chi connectivity index (χ1n) is 5.15. The third-order valence-corrected chi connectivity index (χ3v) is 2.87. The molecule has 0 spiro atoms. The number of nitro groups is 1. The molecular formula is C12H8Cl2N2O3. The van der Waals surface area contributed by atoms with Crippen molar-refractivity contribution in [2.45, 2.75) is 0 Å². The second-order valence-corrected chi connectivity index (χ2v) is 4.47. The molecule has 19 heavy (non-hydrogen) atoms. The Morgan fingerprint density at radius 2 is 1.89 bits per heavy atom. The summed E-state index contributed by atoms with van der Waals surface area (Å²) in [5, 5.41) is 11.7. The van der Waals surface area contributed by atoms with Crippen LogP contribution in [0.2, 0.25) is 10.0 Å². The van der Waals surface area contributed by atoms with E-state index in [2.05, 4.69) is 0 Å². The maximum Gasteiger partial charge on any atom is 0.334 e. The van der Waals surface area contributed by atoms with E-state index in [0.29, 0.717) is 10.0 Å². The number of hydrogen-bond donors (Lipinski definition) is 1. The summed E-state index contributed by atoms with van der Waals surface area (Å²) in [4.78, 5) is 10.4. The third-order valence-electron chi connectivity index (χ3n) is 2.33. The van der Waals surface area contributed by atoms with Crippen molar-refractivity contribution in [1.29, 1.82) is 0 Å². The Bertz CT molecular complexity index is 647. The van der Waals surface area contributed by atoms with Gasteiger partial charge in [-0.1, -0.05) is 29.3 Å². The highest BCUT2D eigenvalue weighted by molar-refractivity contribution is 6.34. The van der Waals surface area contributed by atoms with Gasteiger partial charge in [-0.15, -0.1) is 0 Å². The molecule has 0 amide bonds.